The average molecular weight is 208 g/mol. The molecule has 1 fully saturated rings. The summed E-state index contributed by atoms with van der Waals surface area (Å²) in [5.41, 5.74) is 6.15. The van der Waals surface area contributed by atoms with E-state index in [9.17, 15) is 0 Å². The Hall–Kier alpha value is -0.900. The van der Waals surface area contributed by atoms with Gasteiger partial charge in [-0.1, -0.05) is 6.92 Å². The Labute approximate surface area is 90.9 Å². The molecule has 1 aliphatic carbocycles. The molecular formula is C11H20N4. The molecule has 15 heavy (non-hydrogen) atoms. The summed E-state index contributed by atoms with van der Waals surface area (Å²) in [5, 5.41) is 4.22. The zero-order chi connectivity index (χ0) is 11.0. The molecule has 0 spiro atoms. The van der Waals surface area contributed by atoms with Crippen molar-refractivity contribution < 1.29 is 0 Å². The van der Waals surface area contributed by atoms with Crippen LogP contribution in [0.2, 0.25) is 0 Å². The number of nitrogens with two attached hydrogens (primary N) is 1. The second kappa shape index (κ2) is 3.93. The van der Waals surface area contributed by atoms with Crippen molar-refractivity contribution in [2.75, 3.05) is 0 Å². The third-order valence-electron chi connectivity index (χ3n) is 3.28. The van der Waals surface area contributed by atoms with E-state index in [-0.39, 0.29) is 6.04 Å². The molecule has 0 bridgehead atoms. The molecule has 0 aromatic carbocycles. The second-order valence-electron chi connectivity index (χ2n) is 4.96. The number of hydrogen-bond acceptors (Lipinski definition) is 3. The fraction of sp³-hybridized carbons (Fsp3) is 0.818. The minimum Gasteiger partial charge on any atom is -0.327 e. The maximum Gasteiger partial charge on any atom is 0.138 e. The minimum atomic E-state index is 0.252. The van der Waals surface area contributed by atoms with E-state index in [1.165, 1.54) is 6.42 Å². The Bertz CT molecular complexity index is 331. The van der Waals surface area contributed by atoms with Crippen molar-refractivity contribution in [2.45, 2.75) is 45.7 Å². The lowest BCUT2D eigenvalue weighted by Crippen LogP contribution is -2.28. The molecule has 1 aliphatic rings. The predicted octanol–water partition coefficient (Wildman–Crippen LogP) is 1.38. The van der Waals surface area contributed by atoms with Crippen LogP contribution in [0.1, 0.15) is 39.1 Å². The van der Waals surface area contributed by atoms with E-state index in [0.717, 1.165) is 18.2 Å². The van der Waals surface area contributed by atoms with Gasteiger partial charge in [-0.3, -0.25) is 0 Å². The molecule has 0 amide bonds. The summed E-state index contributed by atoms with van der Waals surface area (Å²) in [6.45, 7) is 6.49. The Morgan fingerprint density at radius 3 is 2.80 bits per heavy atom. The number of aromatic nitrogens is 3. The topological polar surface area (TPSA) is 56.7 Å². The summed E-state index contributed by atoms with van der Waals surface area (Å²) in [6, 6.07) is 0.619. The Morgan fingerprint density at radius 2 is 2.27 bits per heavy atom. The maximum absolute atomic E-state index is 6.15. The quantitative estimate of drug-likeness (QED) is 0.813. The Balaban J connectivity index is 2.00. The van der Waals surface area contributed by atoms with E-state index in [1.807, 2.05) is 4.68 Å². The molecule has 4 nitrogen and oxygen atoms in total. The highest BCUT2D eigenvalue weighted by molar-refractivity contribution is 4.98. The molecular weight excluding hydrogens is 188 g/mol. The highest BCUT2D eigenvalue weighted by Gasteiger charge is 2.38. The standard InChI is InChI=1S/C11H20N4/c1-7(2)15-11(13-6-14-15)5-10(12)9-4-8(9)3/h6-10H,4-5,12H2,1-3H3. The van der Waals surface area contributed by atoms with Crippen molar-refractivity contribution in [2.24, 2.45) is 17.6 Å². The molecule has 2 rings (SSSR count). The third-order valence-corrected chi connectivity index (χ3v) is 3.28. The first-order chi connectivity index (χ1) is 7.09. The molecule has 1 aromatic rings. The van der Waals surface area contributed by atoms with Crippen molar-refractivity contribution in [1.82, 2.24) is 14.8 Å². The van der Waals surface area contributed by atoms with Gasteiger partial charge in [0.2, 0.25) is 0 Å². The molecule has 3 unspecified atom stereocenters. The van der Waals surface area contributed by atoms with Crippen molar-refractivity contribution >= 4 is 0 Å². The second-order valence-corrected chi connectivity index (χ2v) is 4.96. The summed E-state index contributed by atoms with van der Waals surface area (Å²) in [7, 11) is 0. The van der Waals surface area contributed by atoms with E-state index in [0.29, 0.717) is 12.0 Å². The van der Waals surface area contributed by atoms with Crippen LogP contribution < -0.4 is 5.73 Å². The normalized spacial score (nSPS) is 27.0. The van der Waals surface area contributed by atoms with Crippen molar-refractivity contribution in [1.29, 1.82) is 0 Å². The monoisotopic (exact) mass is 208 g/mol. The van der Waals surface area contributed by atoms with Crippen LogP contribution in [0.15, 0.2) is 6.33 Å². The van der Waals surface area contributed by atoms with E-state index in [1.54, 1.807) is 6.33 Å². The van der Waals surface area contributed by atoms with Crippen LogP contribution in [0.4, 0.5) is 0 Å². The van der Waals surface area contributed by atoms with Crippen LogP contribution in [0.3, 0.4) is 0 Å². The Kier molecular flexibility index (Phi) is 2.78. The number of hydrogen-bond donors (Lipinski definition) is 1. The largest absolute Gasteiger partial charge is 0.327 e. The fourth-order valence-corrected chi connectivity index (χ4v) is 2.16. The summed E-state index contributed by atoms with van der Waals surface area (Å²) in [5.74, 6) is 2.52. The molecule has 0 radical (unpaired) electrons. The van der Waals surface area contributed by atoms with Gasteiger partial charge in [-0.2, -0.15) is 5.10 Å². The first-order valence-corrected chi connectivity index (χ1v) is 5.73. The smallest absolute Gasteiger partial charge is 0.138 e. The van der Waals surface area contributed by atoms with Crippen molar-refractivity contribution in [3.8, 4) is 0 Å². The SMILES string of the molecule is CC1CC1C(N)Cc1ncnn1C(C)C. The molecule has 1 saturated carbocycles. The molecule has 1 aromatic heterocycles. The lowest BCUT2D eigenvalue weighted by Gasteiger charge is -2.13. The lowest BCUT2D eigenvalue weighted by atomic mass is 10.1. The van der Waals surface area contributed by atoms with Gasteiger partial charge in [0, 0.05) is 18.5 Å². The van der Waals surface area contributed by atoms with E-state index in [2.05, 4.69) is 30.9 Å². The van der Waals surface area contributed by atoms with Crippen LogP contribution >= 0.6 is 0 Å². The van der Waals surface area contributed by atoms with E-state index < -0.39 is 0 Å². The third kappa shape index (κ3) is 2.20. The first kappa shape index (κ1) is 10.6. The summed E-state index contributed by atoms with van der Waals surface area (Å²) in [6.07, 6.45) is 3.75. The predicted molar refractivity (Wildman–Crippen MR) is 59.4 cm³/mol. The zero-order valence-electron chi connectivity index (χ0n) is 9.72. The van der Waals surface area contributed by atoms with Crippen LogP contribution in [0.5, 0.6) is 0 Å². The summed E-state index contributed by atoms with van der Waals surface area (Å²) in [4.78, 5) is 4.28. The number of rotatable bonds is 4. The molecule has 2 N–H and O–H groups in total. The molecule has 4 heteroatoms. The molecule has 3 atom stereocenters. The Morgan fingerprint density at radius 1 is 1.60 bits per heavy atom. The van der Waals surface area contributed by atoms with Crippen LogP contribution in [0.25, 0.3) is 0 Å². The van der Waals surface area contributed by atoms with E-state index in [4.69, 9.17) is 5.73 Å². The lowest BCUT2D eigenvalue weighted by molar-refractivity contribution is 0.472. The fourth-order valence-electron chi connectivity index (χ4n) is 2.16. The van der Waals surface area contributed by atoms with Gasteiger partial charge in [0.05, 0.1) is 0 Å². The summed E-state index contributed by atoms with van der Waals surface area (Å²) < 4.78 is 1.97. The van der Waals surface area contributed by atoms with Crippen LogP contribution in [0, 0.1) is 11.8 Å². The van der Waals surface area contributed by atoms with Gasteiger partial charge in [0.25, 0.3) is 0 Å². The van der Waals surface area contributed by atoms with Gasteiger partial charge in [0.1, 0.15) is 12.2 Å². The summed E-state index contributed by atoms with van der Waals surface area (Å²) >= 11 is 0. The highest BCUT2D eigenvalue weighted by atomic mass is 15.3. The minimum absolute atomic E-state index is 0.252. The van der Waals surface area contributed by atoms with Gasteiger partial charge < -0.3 is 5.73 Å². The zero-order valence-corrected chi connectivity index (χ0v) is 9.72. The van der Waals surface area contributed by atoms with Gasteiger partial charge in [0.15, 0.2) is 0 Å². The first-order valence-electron chi connectivity index (χ1n) is 5.73. The molecule has 84 valence electrons. The van der Waals surface area contributed by atoms with Gasteiger partial charge in [-0.15, -0.1) is 0 Å². The molecule has 0 saturated heterocycles. The maximum atomic E-state index is 6.15. The average Bonchev–Trinajstić information content (AvgIpc) is 2.73. The highest BCUT2D eigenvalue weighted by Crippen LogP contribution is 2.40. The molecule has 1 heterocycles. The van der Waals surface area contributed by atoms with Crippen molar-refractivity contribution in [3.63, 3.8) is 0 Å². The van der Waals surface area contributed by atoms with Crippen LogP contribution in [-0.2, 0) is 6.42 Å². The van der Waals surface area contributed by atoms with Gasteiger partial charge in [-0.25, -0.2) is 9.67 Å². The molecule has 0 aliphatic heterocycles. The van der Waals surface area contributed by atoms with Gasteiger partial charge in [-0.05, 0) is 32.1 Å². The van der Waals surface area contributed by atoms with E-state index >= 15 is 0 Å². The van der Waals surface area contributed by atoms with Crippen molar-refractivity contribution in [3.05, 3.63) is 12.2 Å². The van der Waals surface area contributed by atoms with Gasteiger partial charge >= 0.3 is 0 Å². The number of nitrogens with zero attached hydrogens (tertiary/aromatic N) is 3. The van der Waals surface area contributed by atoms with Crippen LogP contribution in [-0.4, -0.2) is 20.8 Å².